The van der Waals surface area contributed by atoms with Crippen molar-refractivity contribution < 1.29 is 19.1 Å². The summed E-state index contributed by atoms with van der Waals surface area (Å²) in [7, 11) is 3.32. The van der Waals surface area contributed by atoms with E-state index in [9.17, 15) is 9.59 Å². The number of aryl methyl sites for hydroxylation is 2. The number of ether oxygens (including phenoxy) is 2. The number of fused-ring (bicyclic) bond motifs is 1. The fourth-order valence-corrected chi connectivity index (χ4v) is 3.16. The number of hydrogen-bond donors (Lipinski definition) is 2. The molecule has 25 heavy (non-hydrogen) atoms. The number of methoxy groups -OCH3 is 1. The third kappa shape index (κ3) is 3.15. The molecule has 0 saturated heterocycles. The lowest BCUT2D eigenvalue weighted by molar-refractivity contribution is -0.120. The average molecular weight is 344 g/mol. The molecule has 0 spiro atoms. The SMILES string of the molecule is COc1cc([C@@H]2CC(=O)Nc3c2c(C)nn3C)ccc1OCC(N)=O. The molecule has 1 aliphatic rings. The summed E-state index contributed by atoms with van der Waals surface area (Å²) >= 11 is 0. The van der Waals surface area contributed by atoms with Gasteiger partial charge in [-0.2, -0.15) is 5.10 Å². The number of rotatable bonds is 5. The first-order valence-corrected chi connectivity index (χ1v) is 7.83. The van der Waals surface area contributed by atoms with Gasteiger partial charge in [-0.15, -0.1) is 0 Å². The Morgan fingerprint density at radius 2 is 2.20 bits per heavy atom. The molecule has 1 atom stereocenters. The van der Waals surface area contributed by atoms with Crippen LogP contribution >= 0.6 is 0 Å². The molecule has 0 unspecified atom stereocenters. The van der Waals surface area contributed by atoms with Gasteiger partial charge in [-0.25, -0.2) is 0 Å². The molecule has 3 N–H and O–H groups in total. The molecule has 0 saturated carbocycles. The molecular weight excluding hydrogens is 324 g/mol. The summed E-state index contributed by atoms with van der Waals surface area (Å²) in [4.78, 5) is 23.0. The van der Waals surface area contributed by atoms with E-state index in [4.69, 9.17) is 15.2 Å². The molecule has 1 aromatic carbocycles. The Hall–Kier alpha value is -3.03. The van der Waals surface area contributed by atoms with E-state index in [0.29, 0.717) is 23.7 Å². The smallest absolute Gasteiger partial charge is 0.255 e. The van der Waals surface area contributed by atoms with E-state index in [-0.39, 0.29) is 18.4 Å². The molecule has 3 rings (SSSR count). The van der Waals surface area contributed by atoms with E-state index in [1.807, 2.05) is 19.1 Å². The number of carbonyl (C=O) groups excluding carboxylic acids is 2. The first-order chi connectivity index (χ1) is 11.9. The Bertz CT molecular complexity index is 843. The van der Waals surface area contributed by atoms with E-state index >= 15 is 0 Å². The van der Waals surface area contributed by atoms with Gasteiger partial charge < -0.3 is 20.5 Å². The van der Waals surface area contributed by atoms with Crippen LogP contribution in [0.3, 0.4) is 0 Å². The highest BCUT2D eigenvalue weighted by molar-refractivity contribution is 5.94. The van der Waals surface area contributed by atoms with Crippen LogP contribution in [0, 0.1) is 6.92 Å². The monoisotopic (exact) mass is 344 g/mol. The molecule has 1 aromatic heterocycles. The van der Waals surface area contributed by atoms with E-state index in [1.165, 1.54) is 7.11 Å². The van der Waals surface area contributed by atoms with Crippen molar-refractivity contribution in [3.8, 4) is 11.5 Å². The number of benzene rings is 1. The van der Waals surface area contributed by atoms with E-state index in [1.54, 1.807) is 17.8 Å². The van der Waals surface area contributed by atoms with Crippen molar-refractivity contribution in [1.82, 2.24) is 9.78 Å². The van der Waals surface area contributed by atoms with Gasteiger partial charge in [-0.1, -0.05) is 6.07 Å². The molecule has 0 fully saturated rings. The van der Waals surface area contributed by atoms with Crippen molar-refractivity contribution in [2.24, 2.45) is 12.8 Å². The Morgan fingerprint density at radius 3 is 2.88 bits per heavy atom. The standard InChI is InChI=1S/C17H20N4O4/c1-9-16-11(7-15(23)19-17(16)21(2)20-9)10-4-5-12(13(6-10)24-3)25-8-14(18)22/h4-6,11H,7-8H2,1-3H3,(H2,18,22)(H,19,23)/t11-/m0/s1. The minimum atomic E-state index is -0.564. The molecule has 2 heterocycles. The van der Waals surface area contributed by atoms with E-state index in [0.717, 1.165) is 16.8 Å². The molecule has 0 radical (unpaired) electrons. The first-order valence-electron chi connectivity index (χ1n) is 7.83. The predicted octanol–water partition coefficient (Wildman–Crippen LogP) is 1.08. The number of anilines is 1. The second kappa shape index (κ2) is 6.46. The average Bonchev–Trinajstić information content (AvgIpc) is 2.86. The summed E-state index contributed by atoms with van der Waals surface area (Å²) in [6.07, 6.45) is 0.324. The summed E-state index contributed by atoms with van der Waals surface area (Å²) in [5.74, 6) is 0.865. The second-order valence-electron chi connectivity index (χ2n) is 5.94. The Kier molecular flexibility index (Phi) is 4.35. The maximum Gasteiger partial charge on any atom is 0.255 e. The molecule has 132 valence electrons. The van der Waals surface area contributed by atoms with Crippen molar-refractivity contribution >= 4 is 17.6 Å². The largest absolute Gasteiger partial charge is 0.493 e. The van der Waals surface area contributed by atoms with Gasteiger partial charge in [0.25, 0.3) is 5.91 Å². The summed E-state index contributed by atoms with van der Waals surface area (Å²) in [6.45, 7) is 1.69. The molecular formula is C17H20N4O4. The highest BCUT2D eigenvalue weighted by Gasteiger charge is 2.32. The lowest BCUT2D eigenvalue weighted by Crippen LogP contribution is -2.24. The number of aromatic nitrogens is 2. The summed E-state index contributed by atoms with van der Waals surface area (Å²) in [5, 5.41) is 7.28. The fraction of sp³-hybridized carbons (Fsp3) is 0.353. The normalized spacial score (nSPS) is 16.1. The molecule has 0 aliphatic carbocycles. The van der Waals surface area contributed by atoms with Crippen LogP contribution in [0.15, 0.2) is 18.2 Å². The van der Waals surface area contributed by atoms with Crippen LogP contribution in [0.2, 0.25) is 0 Å². The molecule has 8 nitrogen and oxygen atoms in total. The van der Waals surface area contributed by atoms with Crippen molar-refractivity contribution in [2.45, 2.75) is 19.3 Å². The number of primary amides is 1. The predicted molar refractivity (Wildman–Crippen MR) is 90.7 cm³/mol. The van der Waals surface area contributed by atoms with E-state index < -0.39 is 5.91 Å². The molecule has 2 aromatic rings. The highest BCUT2D eigenvalue weighted by Crippen LogP contribution is 2.41. The third-order valence-corrected chi connectivity index (χ3v) is 4.22. The zero-order chi connectivity index (χ0) is 18.1. The maximum absolute atomic E-state index is 12.1. The Labute approximate surface area is 144 Å². The lowest BCUT2D eigenvalue weighted by atomic mass is 9.85. The van der Waals surface area contributed by atoms with Gasteiger partial charge in [-0.3, -0.25) is 14.3 Å². The van der Waals surface area contributed by atoms with Gasteiger partial charge in [0.05, 0.1) is 12.8 Å². The molecule has 2 amide bonds. The van der Waals surface area contributed by atoms with Gasteiger partial charge >= 0.3 is 0 Å². The number of hydrogen-bond acceptors (Lipinski definition) is 5. The number of carbonyl (C=O) groups is 2. The van der Waals surface area contributed by atoms with Crippen LogP contribution in [0.1, 0.15) is 29.2 Å². The summed E-state index contributed by atoms with van der Waals surface area (Å²) in [6, 6.07) is 5.39. The van der Waals surface area contributed by atoms with Crippen LogP contribution in [-0.2, 0) is 16.6 Å². The van der Waals surface area contributed by atoms with Crippen LogP contribution in [-0.4, -0.2) is 35.3 Å². The minimum Gasteiger partial charge on any atom is -0.493 e. The summed E-state index contributed by atoms with van der Waals surface area (Å²) < 4.78 is 12.4. The van der Waals surface area contributed by atoms with Crippen LogP contribution in [0.4, 0.5) is 5.82 Å². The number of amides is 2. The highest BCUT2D eigenvalue weighted by atomic mass is 16.5. The second-order valence-corrected chi connectivity index (χ2v) is 5.94. The van der Waals surface area contributed by atoms with Gasteiger partial charge in [0, 0.05) is 24.9 Å². The van der Waals surface area contributed by atoms with Crippen LogP contribution in [0.5, 0.6) is 11.5 Å². The fourth-order valence-electron chi connectivity index (χ4n) is 3.16. The van der Waals surface area contributed by atoms with Gasteiger partial charge in [-0.05, 0) is 24.6 Å². The zero-order valence-electron chi connectivity index (χ0n) is 14.3. The Balaban J connectivity index is 2.00. The van der Waals surface area contributed by atoms with Gasteiger partial charge in [0.15, 0.2) is 18.1 Å². The van der Waals surface area contributed by atoms with Gasteiger partial charge in [0.1, 0.15) is 5.82 Å². The lowest BCUT2D eigenvalue weighted by Gasteiger charge is -2.24. The first kappa shape index (κ1) is 16.8. The molecule has 0 bridgehead atoms. The molecule has 8 heteroatoms. The number of nitrogens with one attached hydrogen (secondary N) is 1. The third-order valence-electron chi connectivity index (χ3n) is 4.22. The molecule has 1 aliphatic heterocycles. The zero-order valence-corrected chi connectivity index (χ0v) is 14.3. The Morgan fingerprint density at radius 1 is 1.44 bits per heavy atom. The van der Waals surface area contributed by atoms with Crippen molar-refractivity contribution in [1.29, 1.82) is 0 Å². The van der Waals surface area contributed by atoms with Crippen LogP contribution in [0.25, 0.3) is 0 Å². The van der Waals surface area contributed by atoms with Crippen molar-refractivity contribution in [3.63, 3.8) is 0 Å². The quantitative estimate of drug-likeness (QED) is 0.843. The number of nitrogens with zero attached hydrogens (tertiary/aromatic N) is 2. The van der Waals surface area contributed by atoms with Crippen molar-refractivity contribution in [3.05, 3.63) is 35.0 Å². The van der Waals surface area contributed by atoms with Gasteiger partial charge in [0.2, 0.25) is 5.91 Å². The minimum absolute atomic E-state index is 0.0616. The topological polar surface area (TPSA) is 108 Å². The summed E-state index contributed by atoms with van der Waals surface area (Å²) in [5.41, 5.74) is 7.89. The maximum atomic E-state index is 12.1. The van der Waals surface area contributed by atoms with Crippen LogP contribution < -0.4 is 20.5 Å². The van der Waals surface area contributed by atoms with E-state index in [2.05, 4.69) is 10.4 Å². The number of nitrogens with two attached hydrogens (primary N) is 1. The van der Waals surface area contributed by atoms with Crippen molar-refractivity contribution in [2.75, 3.05) is 19.0 Å².